The summed E-state index contributed by atoms with van der Waals surface area (Å²) < 4.78 is 6.75. The minimum Gasteiger partial charge on any atom is -0.397 e. The summed E-state index contributed by atoms with van der Waals surface area (Å²) >= 11 is 3.48. The van der Waals surface area contributed by atoms with E-state index in [2.05, 4.69) is 40.7 Å². The van der Waals surface area contributed by atoms with Crippen molar-refractivity contribution in [1.29, 1.82) is 0 Å². The summed E-state index contributed by atoms with van der Waals surface area (Å²) in [6.45, 7) is 6.72. The average Bonchev–Trinajstić information content (AvgIpc) is 2.20. The summed E-state index contributed by atoms with van der Waals surface area (Å²) in [5.41, 5.74) is 7.81. The van der Waals surface area contributed by atoms with Crippen LogP contribution in [0.1, 0.15) is 13.8 Å². The first-order chi connectivity index (χ1) is 7.48. The highest BCUT2D eigenvalue weighted by atomic mass is 79.9. The van der Waals surface area contributed by atoms with E-state index in [9.17, 15) is 0 Å². The molecule has 0 radical (unpaired) electrons. The molecule has 1 aliphatic heterocycles. The zero-order valence-electron chi connectivity index (χ0n) is 9.66. The summed E-state index contributed by atoms with van der Waals surface area (Å²) in [4.78, 5) is 2.28. The van der Waals surface area contributed by atoms with Gasteiger partial charge in [0.2, 0.25) is 0 Å². The third-order valence-corrected chi connectivity index (χ3v) is 3.25. The number of nitrogen functional groups attached to an aromatic ring is 1. The number of morpholine rings is 1. The SMILES string of the molecule is CC1(C)CN(c2cc(Br)ccc2N)CCO1. The molecule has 2 N–H and O–H groups in total. The molecule has 16 heavy (non-hydrogen) atoms. The minimum atomic E-state index is -0.104. The Labute approximate surface area is 105 Å². The van der Waals surface area contributed by atoms with Gasteiger partial charge >= 0.3 is 0 Å². The fraction of sp³-hybridized carbons (Fsp3) is 0.500. The molecule has 0 aromatic heterocycles. The van der Waals surface area contributed by atoms with E-state index in [1.54, 1.807) is 0 Å². The van der Waals surface area contributed by atoms with Crippen LogP contribution in [0.15, 0.2) is 22.7 Å². The van der Waals surface area contributed by atoms with E-state index in [0.717, 1.165) is 35.5 Å². The van der Waals surface area contributed by atoms with E-state index < -0.39 is 0 Å². The average molecular weight is 285 g/mol. The van der Waals surface area contributed by atoms with E-state index in [1.165, 1.54) is 0 Å². The third-order valence-electron chi connectivity index (χ3n) is 2.76. The molecule has 1 saturated heterocycles. The van der Waals surface area contributed by atoms with Crippen LogP contribution < -0.4 is 10.6 Å². The Morgan fingerprint density at radius 3 is 2.88 bits per heavy atom. The number of halogens is 1. The fourth-order valence-electron chi connectivity index (χ4n) is 2.01. The molecule has 1 fully saturated rings. The molecule has 0 spiro atoms. The van der Waals surface area contributed by atoms with Gasteiger partial charge in [-0.1, -0.05) is 15.9 Å². The summed E-state index contributed by atoms with van der Waals surface area (Å²) in [6.07, 6.45) is 0. The Kier molecular flexibility index (Phi) is 3.13. The van der Waals surface area contributed by atoms with Gasteiger partial charge in [0.05, 0.1) is 23.6 Å². The molecule has 1 aromatic rings. The molecule has 1 aliphatic rings. The van der Waals surface area contributed by atoms with Crippen LogP contribution in [-0.4, -0.2) is 25.3 Å². The van der Waals surface area contributed by atoms with Crippen LogP contribution >= 0.6 is 15.9 Å². The van der Waals surface area contributed by atoms with Crippen molar-refractivity contribution in [3.8, 4) is 0 Å². The van der Waals surface area contributed by atoms with E-state index in [-0.39, 0.29) is 5.60 Å². The van der Waals surface area contributed by atoms with Crippen molar-refractivity contribution in [2.45, 2.75) is 19.4 Å². The van der Waals surface area contributed by atoms with Gasteiger partial charge in [-0.3, -0.25) is 0 Å². The first kappa shape index (κ1) is 11.7. The highest BCUT2D eigenvalue weighted by Gasteiger charge is 2.28. The zero-order valence-corrected chi connectivity index (χ0v) is 11.3. The van der Waals surface area contributed by atoms with Gasteiger partial charge in [-0.15, -0.1) is 0 Å². The lowest BCUT2D eigenvalue weighted by Crippen LogP contribution is -2.48. The highest BCUT2D eigenvalue weighted by molar-refractivity contribution is 9.10. The van der Waals surface area contributed by atoms with Gasteiger partial charge < -0.3 is 15.4 Å². The molecule has 0 aliphatic carbocycles. The number of nitrogens with two attached hydrogens (primary N) is 1. The molecular formula is C12H17BrN2O. The maximum Gasteiger partial charge on any atom is 0.0801 e. The third kappa shape index (κ3) is 2.50. The lowest BCUT2D eigenvalue weighted by molar-refractivity contribution is -0.0276. The van der Waals surface area contributed by atoms with E-state index in [1.807, 2.05) is 12.1 Å². The van der Waals surface area contributed by atoms with Crippen molar-refractivity contribution >= 4 is 27.3 Å². The van der Waals surface area contributed by atoms with Crippen LogP contribution in [0, 0.1) is 0 Å². The van der Waals surface area contributed by atoms with E-state index >= 15 is 0 Å². The molecule has 0 unspecified atom stereocenters. The Morgan fingerprint density at radius 2 is 2.19 bits per heavy atom. The van der Waals surface area contributed by atoms with Crippen LogP contribution in [0.4, 0.5) is 11.4 Å². The second-order valence-corrected chi connectivity index (χ2v) is 5.65. The van der Waals surface area contributed by atoms with Gasteiger partial charge in [0, 0.05) is 17.6 Å². The minimum absolute atomic E-state index is 0.104. The van der Waals surface area contributed by atoms with Crippen molar-refractivity contribution in [2.24, 2.45) is 0 Å². The number of ether oxygens (including phenoxy) is 1. The number of nitrogens with zero attached hydrogens (tertiary/aromatic N) is 1. The molecule has 2 rings (SSSR count). The second kappa shape index (κ2) is 4.26. The predicted molar refractivity (Wildman–Crippen MR) is 70.8 cm³/mol. The van der Waals surface area contributed by atoms with E-state index in [0.29, 0.717) is 0 Å². The molecule has 0 atom stereocenters. The van der Waals surface area contributed by atoms with Gasteiger partial charge in [0.25, 0.3) is 0 Å². The molecule has 4 heteroatoms. The summed E-state index contributed by atoms with van der Waals surface area (Å²) in [6, 6.07) is 5.96. The van der Waals surface area contributed by atoms with Gasteiger partial charge in [0.1, 0.15) is 0 Å². The van der Waals surface area contributed by atoms with Crippen molar-refractivity contribution in [1.82, 2.24) is 0 Å². The van der Waals surface area contributed by atoms with Crippen molar-refractivity contribution in [3.63, 3.8) is 0 Å². The standard InChI is InChI=1S/C12H17BrN2O/c1-12(2)8-15(5-6-16-12)11-7-9(13)3-4-10(11)14/h3-4,7H,5-6,8,14H2,1-2H3. The number of hydrogen-bond acceptors (Lipinski definition) is 3. The predicted octanol–water partition coefficient (Wildman–Crippen LogP) is 2.65. The lowest BCUT2D eigenvalue weighted by Gasteiger charge is -2.39. The number of hydrogen-bond donors (Lipinski definition) is 1. The summed E-state index contributed by atoms with van der Waals surface area (Å²) in [5.74, 6) is 0. The monoisotopic (exact) mass is 284 g/mol. The lowest BCUT2D eigenvalue weighted by atomic mass is 10.1. The maximum absolute atomic E-state index is 6.01. The quantitative estimate of drug-likeness (QED) is 0.806. The smallest absolute Gasteiger partial charge is 0.0801 e. The summed E-state index contributed by atoms with van der Waals surface area (Å²) in [5, 5.41) is 0. The molecule has 88 valence electrons. The fourth-order valence-corrected chi connectivity index (χ4v) is 2.36. The number of benzene rings is 1. The summed E-state index contributed by atoms with van der Waals surface area (Å²) in [7, 11) is 0. The largest absolute Gasteiger partial charge is 0.397 e. The highest BCUT2D eigenvalue weighted by Crippen LogP contribution is 2.30. The van der Waals surface area contributed by atoms with Gasteiger partial charge in [-0.05, 0) is 32.0 Å². The topological polar surface area (TPSA) is 38.5 Å². The van der Waals surface area contributed by atoms with Crippen LogP contribution in [0.25, 0.3) is 0 Å². The first-order valence-electron chi connectivity index (χ1n) is 5.42. The van der Waals surface area contributed by atoms with Crippen molar-refractivity contribution in [2.75, 3.05) is 30.3 Å². The molecule has 0 bridgehead atoms. The first-order valence-corrected chi connectivity index (χ1v) is 6.21. The Hall–Kier alpha value is -0.740. The number of anilines is 2. The maximum atomic E-state index is 6.01. The van der Waals surface area contributed by atoms with Crippen LogP contribution in [0.3, 0.4) is 0 Å². The van der Waals surface area contributed by atoms with Gasteiger partial charge in [0.15, 0.2) is 0 Å². The second-order valence-electron chi connectivity index (χ2n) is 4.73. The normalized spacial score (nSPS) is 19.8. The Balaban J connectivity index is 2.26. The van der Waals surface area contributed by atoms with Gasteiger partial charge in [-0.25, -0.2) is 0 Å². The van der Waals surface area contributed by atoms with Gasteiger partial charge in [-0.2, -0.15) is 0 Å². The van der Waals surface area contributed by atoms with Crippen molar-refractivity contribution < 1.29 is 4.74 Å². The molecular weight excluding hydrogens is 268 g/mol. The van der Waals surface area contributed by atoms with Crippen molar-refractivity contribution in [3.05, 3.63) is 22.7 Å². The molecule has 1 aromatic carbocycles. The Morgan fingerprint density at radius 1 is 1.44 bits per heavy atom. The molecule has 1 heterocycles. The van der Waals surface area contributed by atoms with Crippen LogP contribution in [-0.2, 0) is 4.74 Å². The van der Waals surface area contributed by atoms with Crippen LogP contribution in [0.5, 0.6) is 0 Å². The molecule has 3 nitrogen and oxygen atoms in total. The number of rotatable bonds is 1. The molecule has 0 amide bonds. The molecule has 0 saturated carbocycles. The van der Waals surface area contributed by atoms with Crippen LogP contribution in [0.2, 0.25) is 0 Å². The zero-order chi connectivity index (χ0) is 11.8. The van der Waals surface area contributed by atoms with E-state index in [4.69, 9.17) is 10.5 Å². The Bertz CT molecular complexity index is 393.